The number of nitrogens with zero attached hydrogens (tertiary/aromatic N) is 1. The largest absolute Gasteiger partial charge is 0.478 e. The van der Waals surface area contributed by atoms with E-state index in [1.165, 1.54) is 36.4 Å². The number of halogens is 1. The molecule has 0 aliphatic heterocycles. The molecule has 0 bridgehead atoms. The first kappa shape index (κ1) is 14.5. The van der Waals surface area contributed by atoms with Crippen LogP contribution in [0.1, 0.15) is 10.4 Å². The summed E-state index contributed by atoms with van der Waals surface area (Å²) in [6, 6.07) is 13.4. The van der Waals surface area contributed by atoms with Gasteiger partial charge in [0.15, 0.2) is 0 Å². The van der Waals surface area contributed by atoms with Crippen LogP contribution in [0.3, 0.4) is 0 Å². The van der Waals surface area contributed by atoms with Crippen LogP contribution in [0.5, 0.6) is 0 Å². The number of carboxylic acids is 1. The highest BCUT2D eigenvalue weighted by Crippen LogP contribution is 2.27. The van der Waals surface area contributed by atoms with Crippen LogP contribution in [0.2, 0.25) is 0 Å². The van der Waals surface area contributed by atoms with Gasteiger partial charge in [-0.15, -0.1) is 0 Å². The average Bonchev–Trinajstić information content (AvgIpc) is 2.47. The lowest BCUT2D eigenvalue weighted by molar-refractivity contribution is 0.0697. The Hall–Kier alpha value is -1.86. The Morgan fingerprint density at radius 2 is 1.55 bits per heavy atom. The summed E-state index contributed by atoms with van der Waals surface area (Å²) >= 11 is 3.00. The highest BCUT2D eigenvalue weighted by molar-refractivity contribution is 9.11. The first-order chi connectivity index (χ1) is 9.43. The average molecular weight is 356 g/mol. The first-order valence-electron chi connectivity index (χ1n) is 5.52. The molecular formula is C13H10BrNO4S. The zero-order chi connectivity index (χ0) is 14.8. The topological polar surface area (TPSA) is 74.7 Å². The molecule has 0 unspecified atom stereocenters. The van der Waals surface area contributed by atoms with Crippen molar-refractivity contribution in [2.24, 2.45) is 0 Å². The summed E-state index contributed by atoms with van der Waals surface area (Å²) in [7, 11) is -3.72. The lowest BCUT2D eigenvalue weighted by Gasteiger charge is -2.16. The molecule has 0 aliphatic rings. The van der Waals surface area contributed by atoms with Crippen LogP contribution in [0.25, 0.3) is 0 Å². The van der Waals surface area contributed by atoms with Crippen LogP contribution < -0.4 is 3.33 Å². The molecule has 0 saturated carbocycles. The molecule has 0 aliphatic carbocycles. The van der Waals surface area contributed by atoms with Gasteiger partial charge in [0, 0.05) is 0 Å². The molecule has 0 heterocycles. The van der Waals surface area contributed by atoms with Crippen LogP contribution >= 0.6 is 16.1 Å². The Bertz CT molecular complexity index is 714. The lowest BCUT2D eigenvalue weighted by Crippen LogP contribution is -2.20. The lowest BCUT2D eigenvalue weighted by atomic mass is 10.2. The summed E-state index contributed by atoms with van der Waals surface area (Å²) < 4.78 is 25.6. The Morgan fingerprint density at radius 1 is 1.00 bits per heavy atom. The summed E-state index contributed by atoms with van der Waals surface area (Å²) in [5, 5.41) is 8.81. The van der Waals surface area contributed by atoms with Gasteiger partial charge in [0.25, 0.3) is 10.0 Å². The van der Waals surface area contributed by atoms with Crippen LogP contribution in [-0.2, 0) is 10.0 Å². The van der Waals surface area contributed by atoms with Crippen molar-refractivity contribution in [3.63, 3.8) is 0 Å². The highest BCUT2D eigenvalue weighted by Gasteiger charge is 2.22. The molecule has 2 rings (SSSR count). The quantitative estimate of drug-likeness (QED) is 0.855. The first-order valence-corrected chi connectivity index (χ1v) is 7.67. The molecule has 0 radical (unpaired) electrons. The minimum Gasteiger partial charge on any atom is -0.478 e. The second-order valence-electron chi connectivity index (χ2n) is 3.88. The molecule has 2 aromatic carbocycles. The van der Waals surface area contributed by atoms with Crippen LogP contribution in [0.15, 0.2) is 59.5 Å². The second-order valence-corrected chi connectivity index (χ2v) is 6.85. The van der Waals surface area contributed by atoms with E-state index < -0.39 is 16.0 Å². The molecule has 5 nitrogen and oxygen atoms in total. The summed E-state index contributed by atoms with van der Waals surface area (Å²) in [6.07, 6.45) is 0. The molecule has 20 heavy (non-hydrogen) atoms. The van der Waals surface area contributed by atoms with Gasteiger partial charge in [-0.1, -0.05) is 18.2 Å². The van der Waals surface area contributed by atoms with Gasteiger partial charge in [-0.25, -0.2) is 13.2 Å². The number of carbonyl (C=O) groups is 1. The van der Waals surface area contributed by atoms with Gasteiger partial charge in [0.05, 0.1) is 32.3 Å². The van der Waals surface area contributed by atoms with Gasteiger partial charge in [0.2, 0.25) is 0 Å². The van der Waals surface area contributed by atoms with E-state index in [4.69, 9.17) is 5.11 Å². The Labute approximate surface area is 124 Å². The third kappa shape index (κ3) is 2.83. The van der Waals surface area contributed by atoms with Gasteiger partial charge in [-0.3, -0.25) is 0 Å². The minimum atomic E-state index is -3.72. The normalized spacial score (nSPS) is 11.1. The second kappa shape index (κ2) is 5.64. The predicted octanol–water partition coefficient (Wildman–Crippen LogP) is 2.89. The minimum absolute atomic E-state index is 0.0896. The van der Waals surface area contributed by atoms with Crippen molar-refractivity contribution in [2.45, 2.75) is 4.90 Å². The number of anilines is 1. The zero-order valence-corrected chi connectivity index (χ0v) is 12.5. The molecular weight excluding hydrogens is 346 g/mol. The van der Waals surface area contributed by atoms with E-state index in [-0.39, 0.29) is 10.5 Å². The summed E-state index contributed by atoms with van der Waals surface area (Å²) in [5.41, 5.74) is 0.408. The van der Waals surface area contributed by atoms with Crippen molar-refractivity contribution in [2.75, 3.05) is 3.33 Å². The number of benzene rings is 2. The fourth-order valence-corrected chi connectivity index (χ4v) is 3.37. The Kier molecular flexibility index (Phi) is 4.10. The highest BCUT2D eigenvalue weighted by atomic mass is 79.9. The number of hydrogen-bond acceptors (Lipinski definition) is 3. The summed E-state index contributed by atoms with van der Waals surface area (Å²) in [6.45, 7) is 0. The van der Waals surface area contributed by atoms with E-state index in [1.54, 1.807) is 18.2 Å². The van der Waals surface area contributed by atoms with Gasteiger partial charge in [-0.2, -0.15) is 3.33 Å². The van der Waals surface area contributed by atoms with Crippen LogP contribution in [-0.4, -0.2) is 19.5 Å². The molecule has 1 N–H and O–H groups in total. The Balaban J connectivity index is 2.36. The Morgan fingerprint density at radius 3 is 2.05 bits per heavy atom. The maximum atomic E-state index is 12.3. The van der Waals surface area contributed by atoms with E-state index >= 15 is 0 Å². The van der Waals surface area contributed by atoms with Crippen LogP contribution in [0.4, 0.5) is 5.69 Å². The summed E-state index contributed by atoms with van der Waals surface area (Å²) in [5.74, 6) is -1.07. The van der Waals surface area contributed by atoms with E-state index in [1.807, 2.05) is 0 Å². The number of aromatic carboxylic acids is 1. The fraction of sp³-hybridized carbons (Fsp3) is 0. The number of hydrogen-bond donors (Lipinski definition) is 1. The standard InChI is InChI=1S/C13H10BrNO4S/c14-15(11-8-6-10(7-9-11)13(16)17)20(18,19)12-4-2-1-3-5-12/h1-9H,(H,16,17). The number of rotatable bonds is 4. The van der Waals surface area contributed by atoms with Crippen molar-refractivity contribution in [1.29, 1.82) is 0 Å². The van der Waals surface area contributed by atoms with Crippen molar-refractivity contribution < 1.29 is 18.3 Å². The molecule has 0 atom stereocenters. The smallest absolute Gasteiger partial charge is 0.335 e. The molecule has 0 fully saturated rings. The van der Waals surface area contributed by atoms with Gasteiger partial charge >= 0.3 is 5.97 Å². The monoisotopic (exact) mass is 355 g/mol. The van der Waals surface area contributed by atoms with Crippen molar-refractivity contribution >= 4 is 37.8 Å². The maximum Gasteiger partial charge on any atom is 0.335 e. The number of sulfonamides is 1. The van der Waals surface area contributed by atoms with E-state index in [9.17, 15) is 13.2 Å². The SMILES string of the molecule is O=C(O)c1ccc(N(Br)S(=O)(=O)c2ccccc2)cc1. The predicted molar refractivity (Wildman–Crippen MR) is 78.4 cm³/mol. The fourth-order valence-electron chi connectivity index (χ4n) is 1.54. The third-order valence-electron chi connectivity index (χ3n) is 2.57. The van der Waals surface area contributed by atoms with Crippen molar-refractivity contribution in [3.8, 4) is 0 Å². The number of carboxylic acid groups (broad SMARTS) is 1. The van der Waals surface area contributed by atoms with E-state index in [0.717, 1.165) is 3.33 Å². The van der Waals surface area contributed by atoms with Crippen molar-refractivity contribution in [1.82, 2.24) is 0 Å². The third-order valence-corrected chi connectivity index (χ3v) is 5.62. The molecule has 104 valence electrons. The molecule has 0 spiro atoms. The molecule has 0 saturated heterocycles. The van der Waals surface area contributed by atoms with Gasteiger partial charge in [-0.05, 0) is 36.4 Å². The van der Waals surface area contributed by atoms with E-state index in [0.29, 0.717) is 5.69 Å². The van der Waals surface area contributed by atoms with Crippen LogP contribution in [0, 0.1) is 0 Å². The zero-order valence-electron chi connectivity index (χ0n) is 10.1. The molecule has 0 aromatic heterocycles. The van der Waals surface area contributed by atoms with E-state index in [2.05, 4.69) is 16.1 Å². The molecule has 0 amide bonds. The molecule has 7 heteroatoms. The van der Waals surface area contributed by atoms with Gasteiger partial charge in [0.1, 0.15) is 0 Å². The molecule has 2 aromatic rings. The summed E-state index contributed by atoms with van der Waals surface area (Å²) in [4.78, 5) is 10.9. The van der Waals surface area contributed by atoms with Crippen molar-refractivity contribution in [3.05, 3.63) is 60.2 Å². The maximum absolute atomic E-state index is 12.3. The van der Waals surface area contributed by atoms with Gasteiger partial charge < -0.3 is 5.11 Å².